The molecule has 1 aromatic carbocycles. The molecule has 0 unspecified atom stereocenters. The van der Waals surface area contributed by atoms with E-state index in [1.165, 1.54) is 24.6 Å². The summed E-state index contributed by atoms with van der Waals surface area (Å²) < 4.78 is 7.34. The van der Waals surface area contributed by atoms with Gasteiger partial charge in [0.2, 0.25) is 5.91 Å². The maximum Gasteiger partial charge on any atom is 0.234 e. The van der Waals surface area contributed by atoms with Crippen LogP contribution in [0.4, 0.5) is 5.69 Å². The highest BCUT2D eigenvalue weighted by atomic mass is 32.2. The highest BCUT2D eigenvalue weighted by Crippen LogP contribution is 2.40. The summed E-state index contributed by atoms with van der Waals surface area (Å²) in [6.45, 7) is 2.91. The molecule has 1 aliphatic rings. The first-order valence-corrected chi connectivity index (χ1v) is 8.70. The van der Waals surface area contributed by atoms with Gasteiger partial charge in [-0.3, -0.25) is 4.79 Å². The highest BCUT2D eigenvalue weighted by molar-refractivity contribution is 7.99. The van der Waals surface area contributed by atoms with Crippen molar-refractivity contribution in [2.75, 3.05) is 18.2 Å². The van der Waals surface area contributed by atoms with Crippen LogP contribution in [0.5, 0.6) is 5.75 Å². The molecule has 6 nitrogen and oxygen atoms in total. The van der Waals surface area contributed by atoms with E-state index in [4.69, 9.17) is 4.74 Å². The Morgan fingerprint density at radius 2 is 2.17 bits per heavy atom. The standard InChI is InChI=1S/C16H20N4O2S/c1-3-20-15(11-8-9-11)18-19-16(20)23-10-14(21)17-12-6-4-5-7-13(12)22-2/h4-7,11H,3,8-10H2,1-2H3,(H,17,21). The average molecular weight is 332 g/mol. The molecule has 0 atom stereocenters. The van der Waals surface area contributed by atoms with Crippen LogP contribution in [-0.2, 0) is 11.3 Å². The Bertz CT molecular complexity index is 697. The maximum absolute atomic E-state index is 12.2. The smallest absolute Gasteiger partial charge is 0.234 e. The normalized spacial score (nSPS) is 13.8. The van der Waals surface area contributed by atoms with Gasteiger partial charge in [0, 0.05) is 12.5 Å². The van der Waals surface area contributed by atoms with E-state index in [-0.39, 0.29) is 5.91 Å². The van der Waals surface area contributed by atoms with Crippen molar-refractivity contribution in [2.24, 2.45) is 0 Å². The Hall–Kier alpha value is -2.02. The minimum atomic E-state index is -0.0851. The lowest BCUT2D eigenvalue weighted by Gasteiger charge is -2.10. The summed E-state index contributed by atoms with van der Waals surface area (Å²) in [5.41, 5.74) is 0.677. The third kappa shape index (κ3) is 3.67. The largest absolute Gasteiger partial charge is 0.495 e. The molecule has 122 valence electrons. The molecule has 23 heavy (non-hydrogen) atoms. The van der Waals surface area contributed by atoms with Gasteiger partial charge in [-0.1, -0.05) is 23.9 Å². The molecule has 0 radical (unpaired) electrons. The molecule has 3 rings (SSSR count). The molecule has 2 aromatic rings. The van der Waals surface area contributed by atoms with Crippen LogP contribution in [-0.4, -0.2) is 33.5 Å². The van der Waals surface area contributed by atoms with Crippen LogP contribution in [0.2, 0.25) is 0 Å². The average Bonchev–Trinajstić information content (AvgIpc) is 3.33. The lowest BCUT2D eigenvalue weighted by molar-refractivity contribution is -0.113. The molecule has 0 spiro atoms. The Kier molecular flexibility index (Phi) is 4.85. The zero-order chi connectivity index (χ0) is 16.2. The Morgan fingerprint density at radius 3 is 2.87 bits per heavy atom. The Labute approximate surface area is 139 Å². The molecule has 1 aliphatic carbocycles. The molecule has 0 aliphatic heterocycles. The fourth-order valence-corrected chi connectivity index (χ4v) is 3.22. The first-order chi connectivity index (χ1) is 11.2. The van der Waals surface area contributed by atoms with Crippen LogP contribution in [0.25, 0.3) is 0 Å². The fourth-order valence-electron chi connectivity index (χ4n) is 2.41. The molecule has 7 heteroatoms. The van der Waals surface area contributed by atoms with Crippen molar-refractivity contribution < 1.29 is 9.53 Å². The van der Waals surface area contributed by atoms with Gasteiger partial charge in [-0.15, -0.1) is 10.2 Å². The van der Waals surface area contributed by atoms with Crippen LogP contribution in [0.15, 0.2) is 29.4 Å². The van der Waals surface area contributed by atoms with E-state index < -0.39 is 0 Å². The van der Waals surface area contributed by atoms with Crippen molar-refractivity contribution in [3.05, 3.63) is 30.1 Å². The number of aromatic nitrogens is 3. The van der Waals surface area contributed by atoms with E-state index >= 15 is 0 Å². The number of hydrogen-bond acceptors (Lipinski definition) is 5. The summed E-state index contributed by atoms with van der Waals surface area (Å²) >= 11 is 1.41. The minimum Gasteiger partial charge on any atom is -0.495 e. The van der Waals surface area contributed by atoms with Crippen LogP contribution < -0.4 is 10.1 Å². The number of ether oxygens (including phenoxy) is 1. The van der Waals surface area contributed by atoms with Gasteiger partial charge in [-0.2, -0.15) is 0 Å². The summed E-state index contributed by atoms with van der Waals surface area (Å²) in [5.74, 6) is 2.47. The first-order valence-electron chi connectivity index (χ1n) is 7.71. The lowest BCUT2D eigenvalue weighted by Crippen LogP contribution is -2.15. The number of rotatable bonds is 7. The SMILES string of the molecule is CCn1c(SCC(=O)Nc2ccccc2OC)nnc1C1CC1. The number of carbonyl (C=O) groups is 1. The second kappa shape index (κ2) is 7.04. The van der Waals surface area contributed by atoms with Crippen LogP contribution >= 0.6 is 11.8 Å². The minimum absolute atomic E-state index is 0.0851. The van der Waals surface area contributed by atoms with E-state index in [1.807, 2.05) is 24.3 Å². The number of hydrogen-bond donors (Lipinski definition) is 1. The van der Waals surface area contributed by atoms with Crippen LogP contribution in [0.1, 0.15) is 31.5 Å². The summed E-state index contributed by atoms with van der Waals surface area (Å²) in [4.78, 5) is 12.2. The van der Waals surface area contributed by atoms with Crippen molar-refractivity contribution in [3.63, 3.8) is 0 Å². The molecule has 1 aromatic heterocycles. The van der Waals surface area contributed by atoms with Crippen molar-refractivity contribution in [1.29, 1.82) is 0 Å². The summed E-state index contributed by atoms with van der Waals surface area (Å²) in [6.07, 6.45) is 2.38. The number of nitrogens with zero attached hydrogens (tertiary/aromatic N) is 3. The van der Waals surface area contributed by atoms with Gasteiger partial charge in [-0.25, -0.2) is 0 Å². The van der Waals surface area contributed by atoms with Gasteiger partial charge in [0.1, 0.15) is 11.6 Å². The van der Waals surface area contributed by atoms with Crippen LogP contribution in [0, 0.1) is 0 Å². The quantitative estimate of drug-likeness (QED) is 0.790. The van der Waals surface area contributed by atoms with Crippen molar-refractivity contribution in [1.82, 2.24) is 14.8 Å². The van der Waals surface area contributed by atoms with Crippen molar-refractivity contribution in [2.45, 2.75) is 37.4 Å². The van der Waals surface area contributed by atoms with Gasteiger partial charge < -0.3 is 14.6 Å². The molecule has 1 fully saturated rings. The number of para-hydroxylation sites is 2. The molecular weight excluding hydrogens is 312 g/mol. The molecule has 0 bridgehead atoms. The van der Waals surface area contributed by atoms with Gasteiger partial charge in [0.25, 0.3) is 0 Å². The zero-order valence-corrected chi connectivity index (χ0v) is 14.1. The summed E-state index contributed by atoms with van der Waals surface area (Å²) in [6, 6.07) is 7.37. The second-order valence-electron chi connectivity index (χ2n) is 5.40. The topological polar surface area (TPSA) is 69.0 Å². The number of anilines is 1. The zero-order valence-electron chi connectivity index (χ0n) is 13.3. The van der Waals surface area contributed by atoms with Crippen molar-refractivity contribution >= 4 is 23.4 Å². The van der Waals surface area contributed by atoms with E-state index in [2.05, 4.69) is 27.0 Å². The Morgan fingerprint density at radius 1 is 1.39 bits per heavy atom. The summed E-state index contributed by atoms with van der Waals surface area (Å²) in [7, 11) is 1.59. The van der Waals surface area contributed by atoms with E-state index in [9.17, 15) is 4.79 Å². The number of methoxy groups -OCH3 is 1. The van der Waals surface area contributed by atoms with Gasteiger partial charge >= 0.3 is 0 Å². The maximum atomic E-state index is 12.2. The monoisotopic (exact) mass is 332 g/mol. The van der Waals surface area contributed by atoms with Crippen LogP contribution in [0.3, 0.4) is 0 Å². The highest BCUT2D eigenvalue weighted by Gasteiger charge is 2.30. The van der Waals surface area contributed by atoms with Gasteiger partial charge in [-0.05, 0) is 31.9 Å². The van der Waals surface area contributed by atoms with E-state index in [1.54, 1.807) is 7.11 Å². The molecule has 0 saturated heterocycles. The van der Waals surface area contributed by atoms with E-state index in [0.717, 1.165) is 17.5 Å². The van der Waals surface area contributed by atoms with Gasteiger partial charge in [0.05, 0.1) is 18.6 Å². The van der Waals surface area contributed by atoms with Gasteiger partial charge in [0.15, 0.2) is 5.16 Å². The first kappa shape index (κ1) is 15.9. The predicted molar refractivity (Wildman–Crippen MR) is 90.0 cm³/mol. The number of amides is 1. The number of carbonyl (C=O) groups excluding carboxylic acids is 1. The molecular formula is C16H20N4O2S. The second-order valence-corrected chi connectivity index (χ2v) is 6.34. The predicted octanol–water partition coefficient (Wildman–Crippen LogP) is 2.91. The van der Waals surface area contributed by atoms with Crippen molar-refractivity contribution in [3.8, 4) is 5.75 Å². The molecule has 1 heterocycles. The number of benzene rings is 1. The molecule has 1 saturated carbocycles. The number of nitrogens with one attached hydrogen (secondary N) is 1. The van der Waals surface area contributed by atoms with E-state index in [0.29, 0.717) is 23.1 Å². The number of thioether (sulfide) groups is 1. The lowest BCUT2D eigenvalue weighted by atomic mass is 10.3. The third-order valence-electron chi connectivity index (χ3n) is 3.72. The Balaban J connectivity index is 1.61. The summed E-state index contributed by atoms with van der Waals surface area (Å²) in [5, 5.41) is 12.2. The third-order valence-corrected chi connectivity index (χ3v) is 4.68. The fraction of sp³-hybridized carbons (Fsp3) is 0.438. The molecule has 1 N–H and O–H groups in total. The molecule has 1 amide bonds.